The van der Waals surface area contributed by atoms with E-state index in [0.717, 1.165) is 37.8 Å². The third kappa shape index (κ3) is 6.56. The lowest BCUT2D eigenvalue weighted by molar-refractivity contribution is 0.202. The molecular formula is C21H31N3O2. The second kappa shape index (κ2) is 10.0. The Morgan fingerprint density at radius 3 is 2.58 bits per heavy atom. The van der Waals surface area contributed by atoms with E-state index in [0.29, 0.717) is 6.54 Å². The van der Waals surface area contributed by atoms with Crippen LogP contribution >= 0.6 is 0 Å². The highest BCUT2D eigenvalue weighted by Gasteiger charge is 2.16. The highest BCUT2D eigenvalue weighted by Crippen LogP contribution is 2.15. The van der Waals surface area contributed by atoms with Gasteiger partial charge in [-0.2, -0.15) is 0 Å². The van der Waals surface area contributed by atoms with Gasteiger partial charge in [0.25, 0.3) is 0 Å². The maximum atomic E-state index is 12.4. The number of nitrogens with zero attached hydrogens (tertiary/aromatic N) is 2. The number of urea groups is 1. The molecule has 1 aliphatic rings. The molecule has 0 aromatic heterocycles. The van der Waals surface area contributed by atoms with Crippen molar-refractivity contribution in [1.82, 2.24) is 15.1 Å². The van der Waals surface area contributed by atoms with Crippen molar-refractivity contribution in [3.63, 3.8) is 0 Å². The standard InChI is InChI=1S/C21H31N3O2/c1-23(2)19(15-18-9-11-20(25)12-10-18)16-22-21(26)24(3)14-13-17-7-5-4-6-8-17/h4-5,7,9-12,19,25H,6,8,13-16H2,1-3H3,(H,22,26)/t19-/m0/s1. The number of aromatic hydroxyl groups is 1. The van der Waals surface area contributed by atoms with Crippen LogP contribution < -0.4 is 5.32 Å². The molecule has 5 heteroatoms. The molecule has 0 aliphatic heterocycles. The average Bonchev–Trinajstić information content (AvgIpc) is 2.65. The van der Waals surface area contributed by atoms with Gasteiger partial charge in [-0.05, 0) is 57.5 Å². The summed E-state index contributed by atoms with van der Waals surface area (Å²) in [6.45, 7) is 1.32. The summed E-state index contributed by atoms with van der Waals surface area (Å²) in [6.07, 6.45) is 10.4. The van der Waals surface area contributed by atoms with E-state index in [2.05, 4.69) is 28.4 Å². The third-order valence-corrected chi connectivity index (χ3v) is 4.84. The zero-order valence-electron chi connectivity index (χ0n) is 16.1. The van der Waals surface area contributed by atoms with Gasteiger partial charge in [0.15, 0.2) is 0 Å². The minimum absolute atomic E-state index is 0.0329. The molecule has 26 heavy (non-hydrogen) atoms. The SMILES string of the molecule is CN(CCC1=CC=CCC1)C(=O)NC[C@H](Cc1ccc(O)cc1)N(C)C. The Morgan fingerprint density at radius 2 is 1.96 bits per heavy atom. The highest BCUT2D eigenvalue weighted by atomic mass is 16.3. The van der Waals surface area contributed by atoms with Gasteiger partial charge in [-0.1, -0.05) is 35.9 Å². The minimum Gasteiger partial charge on any atom is -0.508 e. The molecule has 1 atom stereocenters. The first kappa shape index (κ1) is 20.0. The van der Waals surface area contributed by atoms with Crippen molar-refractivity contribution in [2.24, 2.45) is 0 Å². The summed E-state index contributed by atoms with van der Waals surface area (Å²) in [5, 5.41) is 12.4. The number of benzene rings is 1. The third-order valence-electron chi connectivity index (χ3n) is 4.84. The number of allylic oxidation sites excluding steroid dienone is 3. The summed E-state index contributed by atoms with van der Waals surface area (Å²) < 4.78 is 0. The van der Waals surface area contributed by atoms with Gasteiger partial charge < -0.3 is 20.2 Å². The van der Waals surface area contributed by atoms with Crippen LogP contribution in [0.4, 0.5) is 4.79 Å². The number of carbonyl (C=O) groups excluding carboxylic acids is 1. The normalized spacial score (nSPS) is 14.8. The van der Waals surface area contributed by atoms with Crippen molar-refractivity contribution in [3.8, 4) is 5.75 Å². The lowest BCUT2D eigenvalue weighted by Gasteiger charge is -2.26. The number of phenols is 1. The maximum absolute atomic E-state index is 12.4. The Balaban J connectivity index is 1.79. The van der Waals surface area contributed by atoms with Crippen LogP contribution in [0.3, 0.4) is 0 Å². The van der Waals surface area contributed by atoms with E-state index in [4.69, 9.17) is 0 Å². The zero-order chi connectivity index (χ0) is 18.9. The molecule has 0 bridgehead atoms. The number of hydrogen-bond donors (Lipinski definition) is 2. The van der Waals surface area contributed by atoms with Gasteiger partial charge in [0.05, 0.1) is 0 Å². The largest absolute Gasteiger partial charge is 0.508 e. The minimum atomic E-state index is -0.0329. The van der Waals surface area contributed by atoms with Crippen LogP contribution in [0, 0.1) is 0 Å². The number of nitrogens with one attached hydrogen (secondary N) is 1. The molecule has 0 heterocycles. The first-order valence-corrected chi connectivity index (χ1v) is 9.23. The Kier molecular flexibility index (Phi) is 7.73. The van der Waals surface area contributed by atoms with Crippen LogP contribution in [0.25, 0.3) is 0 Å². The molecule has 1 aromatic carbocycles. The van der Waals surface area contributed by atoms with E-state index < -0.39 is 0 Å². The van der Waals surface area contributed by atoms with Crippen LogP contribution in [-0.4, -0.2) is 61.2 Å². The molecular weight excluding hydrogens is 326 g/mol. The molecule has 0 radical (unpaired) electrons. The number of hydrogen-bond acceptors (Lipinski definition) is 3. The molecule has 0 fully saturated rings. The second-order valence-electron chi connectivity index (χ2n) is 7.14. The molecule has 142 valence electrons. The van der Waals surface area contributed by atoms with E-state index in [1.54, 1.807) is 17.0 Å². The number of rotatable bonds is 8. The monoisotopic (exact) mass is 357 g/mol. The molecule has 2 rings (SSSR count). The molecule has 0 saturated heterocycles. The zero-order valence-corrected chi connectivity index (χ0v) is 16.1. The number of phenolic OH excluding ortho intramolecular Hbond substituents is 1. The van der Waals surface area contributed by atoms with Gasteiger partial charge in [-0.3, -0.25) is 0 Å². The summed E-state index contributed by atoms with van der Waals surface area (Å²) in [5.41, 5.74) is 2.55. The molecule has 1 aliphatic carbocycles. The van der Waals surface area contributed by atoms with Gasteiger partial charge in [-0.25, -0.2) is 4.79 Å². The van der Waals surface area contributed by atoms with E-state index in [-0.39, 0.29) is 17.8 Å². The summed E-state index contributed by atoms with van der Waals surface area (Å²) in [5.74, 6) is 0.272. The van der Waals surface area contributed by atoms with Crippen molar-refractivity contribution in [1.29, 1.82) is 0 Å². The fourth-order valence-corrected chi connectivity index (χ4v) is 2.96. The average molecular weight is 357 g/mol. The molecule has 0 unspecified atom stereocenters. The molecule has 2 amide bonds. The van der Waals surface area contributed by atoms with Crippen LogP contribution in [0.1, 0.15) is 24.8 Å². The quantitative estimate of drug-likeness (QED) is 0.751. The molecule has 5 nitrogen and oxygen atoms in total. The Hall–Kier alpha value is -2.27. The van der Waals surface area contributed by atoms with Crippen molar-refractivity contribution >= 4 is 6.03 Å². The van der Waals surface area contributed by atoms with Gasteiger partial charge in [0.2, 0.25) is 0 Å². The fraction of sp³-hybridized carbons (Fsp3) is 0.476. The fourth-order valence-electron chi connectivity index (χ4n) is 2.96. The van der Waals surface area contributed by atoms with Crippen LogP contribution in [-0.2, 0) is 6.42 Å². The second-order valence-corrected chi connectivity index (χ2v) is 7.14. The van der Waals surface area contributed by atoms with E-state index >= 15 is 0 Å². The maximum Gasteiger partial charge on any atom is 0.317 e. The lowest BCUT2D eigenvalue weighted by atomic mass is 10.0. The van der Waals surface area contributed by atoms with Gasteiger partial charge in [0, 0.05) is 26.2 Å². The number of carbonyl (C=O) groups is 1. The molecule has 1 aromatic rings. The van der Waals surface area contributed by atoms with Crippen LogP contribution in [0.2, 0.25) is 0 Å². The van der Waals surface area contributed by atoms with Crippen LogP contribution in [0.15, 0.2) is 48.1 Å². The predicted octanol–water partition coefficient (Wildman–Crippen LogP) is 3.17. The predicted molar refractivity (Wildman–Crippen MR) is 106 cm³/mol. The summed E-state index contributed by atoms with van der Waals surface area (Å²) in [6, 6.07) is 7.41. The Labute approximate surface area is 157 Å². The smallest absolute Gasteiger partial charge is 0.317 e. The van der Waals surface area contributed by atoms with E-state index in [1.807, 2.05) is 33.3 Å². The van der Waals surface area contributed by atoms with Crippen LogP contribution in [0.5, 0.6) is 5.75 Å². The summed E-state index contributed by atoms with van der Waals surface area (Å²) >= 11 is 0. The highest BCUT2D eigenvalue weighted by molar-refractivity contribution is 5.73. The first-order chi connectivity index (χ1) is 12.5. The van der Waals surface area contributed by atoms with Gasteiger partial charge in [-0.15, -0.1) is 0 Å². The van der Waals surface area contributed by atoms with Crippen molar-refractivity contribution in [2.75, 3.05) is 34.2 Å². The Morgan fingerprint density at radius 1 is 1.23 bits per heavy atom. The lowest BCUT2D eigenvalue weighted by Crippen LogP contribution is -2.45. The van der Waals surface area contributed by atoms with E-state index in [9.17, 15) is 9.90 Å². The number of amides is 2. The Bertz CT molecular complexity index is 635. The van der Waals surface area contributed by atoms with E-state index in [1.165, 1.54) is 5.57 Å². The topological polar surface area (TPSA) is 55.8 Å². The van der Waals surface area contributed by atoms with Crippen molar-refractivity contribution < 1.29 is 9.90 Å². The molecule has 0 saturated carbocycles. The molecule has 2 N–H and O–H groups in total. The van der Waals surface area contributed by atoms with Gasteiger partial charge in [0.1, 0.15) is 5.75 Å². The molecule has 0 spiro atoms. The first-order valence-electron chi connectivity index (χ1n) is 9.23. The number of likely N-dealkylation sites (N-methyl/N-ethyl adjacent to an activating group) is 1. The van der Waals surface area contributed by atoms with Crippen molar-refractivity contribution in [3.05, 3.63) is 53.6 Å². The summed E-state index contributed by atoms with van der Waals surface area (Å²) in [4.78, 5) is 16.2. The van der Waals surface area contributed by atoms with Gasteiger partial charge >= 0.3 is 6.03 Å². The summed E-state index contributed by atoms with van der Waals surface area (Å²) in [7, 11) is 5.88. The van der Waals surface area contributed by atoms with Crippen molar-refractivity contribution in [2.45, 2.75) is 31.7 Å².